The summed E-state index contributed by atoms with van der Waals surface area (Å²) in [6.45, 7) is 4.41. The van der Waals surface area contributed by atoms with Crippen molar-refractivity contribution in [1.82, 2.24) is 20.0 Å². The molecule has 168 valence electrons. The molecule has 1 aromatic carbocycles. The number of likely N-dealkylation sites (tertiary alicyclic amines) is 1. The molecule has 0 bridgehead atoms. The number of piperidine rings is 1. The van der Waals surface area contributed by atoms with E-state index in [1.807, 2.05) is 48.2 Å². The van der Waals surface area contributed by atoms with Crippen LogP contribution >= 0.6 is 11.3 Å². The predicted octanol–water partition coefficient (Wildman–Crippen LogP) is 3.83. The molecular weight excluding hydrogens is 424 g/mol. The molecule has 8 heteroatoms. The Hall–Kier alpha value is -3.13. The van der Waals surface area contributed by atoms with Crippen molar-refractivity contribution < 1.29 is 14.3 Å². The molecule has 7 nitrogen and oxygen atoms in total. The fourth-order valence-corrected chi connectivity index (χ4v) is 4.97. The number of aromatic nitrogens is 2. The topological polar surface area (TPSA) is 76.5 Å². The van der Waals surface area contributed by atoms with Crippen molar-refractivity contribution in [2.24, 2.45) is 13.0 Å². The minimum atomic E-state index is -0.106. The first-order valence-corrected chi connectivity index (χ1v) is 11.7. The fourth-order valence-electron chi connectivity index (χ4n) is 3.89. The molecule has 32 heavy (non-hydrogen) atoms. The summed E-state index contributed by atoms with van der Waals surface area (Å²) in [5, 5.41) is 7.03. The van der Waals surface area contributed by atoms with Gasteiger partial charge < -0.3 is 15.0 Å². The number of benzene rings is 1. The van der Waals surface area contributed by atoms with Crippen molar-refractivity contribution in [2.75, 3.05) is 26.2 Å². The predicted molar refractivity (Wildman–Crippen MR) is 125 cm³/mol. The summed E-state index contributed by atoms with van der Waals surface area (Å²) in [4.78, 5) is 29.1. The fraction of sp³-hybridized carbons (Fsp3) is 0.375. The molecule has 1 saturated heterocycles. The van der Waals surface area contributed by atoms with Crippen molar-refractivity contribution in [3.8, 4) is 16.2 Å². The third-order valence-corrected chi connectivity index (χ3v) is 6.82. The molecule has 0 saturated carbocycles. The average Bonchev–Trinajstić information content (AvgIpc) is 3.45. The van der Waals surface area contributed by atoms with E-state index in [-0.39, 0.29) is 11.8 Å². The second-order valence-electron chi connectivity index (χ2n) is 7.95. The van der Waals surface area contributed by atoms with E-state index in [9.17, 15) is 9.59 Å². The standard InChI is InChI=1S/C24H28N4O3S/c1-3-31-20-13-21(18-7-5-4-6-8-18)32-22(20)24(30)28-11-9-17(10-12-28)14-25-23(29)19-15-26-27(2)16-19/h4-8,13,15-17H,3,9-12,14H2,1-2H3,(H,25,29). The van der Waals surface area contributed by atoms with Gasteiger partial charge in [-0.3, -0.25) is 14.3 Å². The minimum Gasteiger partial charge on any atom is -0.492 e. The van der Waals surface area contributed by atoms with Gasteiger partial charge in [-0.25, -0.2) is 0 Å². The highest BCUT2D eigenvalue weighted by Gasteiger charge is 2.28. The molecule has 1 aliphatic heterocycles. The van der Waals surface area contributed by atoms with E-state index in [4.69, 9.17) is 4.74 Å². The molecule has 0 radical (unpaired) electrons. The van der Waals surface area contributed by atoms with Crippen LogP contribution in [-0.4, -0.2) is 52.7 Å². The molecule has 1 N–H and O–H groups in total. The number of thiophene rings is 1. The van der Waals surface area contributed by atoms with Gasteiger partial charge in [-0.15, -0.1) is 11.3 Å². The molecule has 2 aromatic heterocycles. The largest absolute Gasteiger partial charge is 0.492 e. The van der Waals surface area contributed by atoms with Crippen molar-refractivity contribution in [2.45, 2.75) is 19.8 Å². The van der Waals surface area contributed by atoms with Crippen molar-refractivity contribution in [3.05, 3.63) is 59.2 Å². The summed E-state index contributed by atoms with van der Waals surface area (Å²) in [5.41, 5.74) is 1.65. The summed E-state index contributed by atoms with van der Waals surface area (Å²) < 4.78 is 7.40. The highest BCUT2D eigenvalue weighted by Crippen LogP contribution is 2.37. The van der Waals surface area contributed by atoms with Gasteiger partial charge in [-0.2, -0.15) is 5.10 Å². The van der Waals surface area contributed by atoms with E-state index in [1.54, 1.807) is 24.1 Å². The second-order valence-corrected chi connectivity index (χ2v) is 9.00. The van der Waals surface area contributed by atoms with Gasteiger partial charge in [0, 0.05) is 37.8 Å². The third-order valence-electron chi connectivity index (χ3n) is 5.67. The Labute approximate surface area is 192 Å². The first-order valence-electron chi connectivity index (χ1n) is 10.9. The number of aryl methyl sites for hydroxylation is 1. The maximum absolute atomic E-state index is 13.3. The van der Waals surface area contributed by atoms with Crippen molar-refractivity contribution >= 4 is 23.2 Å². The lowest BCUT2D eigenvalue weighted by atomic mass is 9.96. The summed E-state index contributed by atoms with van der Waals surface area (Å²) in [6, 6.07) is 12.0. The van der Waals surface area contributed by atoms with Gasteiger partial charge in [0.1, 0.15) is 10.6 Å². The molecule has 1 fully saturated rings. The van der Waals surface area contributed by atoms with Gasteiger partial charge in [-0.1, -0.05) is 30.3 Å². The van der Waals surface area contributed by atoms with Gasteiger partial charge in [0.25, 0.3) is 11.8 Å². The van der Waals surface area contributed by atoms with Gasteiger partial charge in [0.15, 0.2) is 0 Å². The molecule has 0 unspecified atom stereocenters. The van der Waals surface area contributed by atoms with Gasteiger partial charge >= 0.3 is 0 Å². The van der Waals surface area contributed by atoms with E-state index in [1.165, 1.54) is 11.3 Å². The molecule has 3 aromatic rings. The van der Waals surface area contributed by atoms with E-state index < -0.39 is 0 Å². The van der Waals surface area contributed by atoms with Gasteiger partial charge in [0.05, 0.1) is 18.4 Å². The van der Waals surface area contributed by atoms with Crippen LogP contribution in [0.1, 0.15) is 39.8 Å². The number of amides is 2. The number of nitrogens with one attached hydrogen (secondary N) is 1. The van der Waals surface area contributed by atoms with Crippen LogP contribution in [0.4, 0.5) is 0 Å². The first-order chi connectivity index (χ1) is 15.5. The van der Waals surface area contributed by atoms with Crippen LogP contribution in [0.3, 0.4) is 0 Å². The highest BCUT2D eigenvalue weighted by atomic mass is 32.1. The number of hydrogen-bond acceptors (Lipinski definition) is 5. The van der Waals surface area contributed by atoms with Gasteiger partial charge in [-0.05, 0) is 37.3 Å². The first kappa shape index (κ1) is 22.1. The van der Waals surface area contributed by atoms with Gasteiger partial charge in [0.2, 0.25) is 0 Å². The zero-order valence-electron chi connectivity index (χ0n) is 18.4. The lowest BCUT2D eigenvalue weighted by Crippen LogP contribution is -2.41. The van der Waals surface area contributed by atoms with Crippen molar-refractivity contribution in [3.63, 3.8) is 0 Å². The Bertz CT molecular complexity index is 1070. The third kappa shape index (κ3) is 5.02. The summed E-state index contributed by atoms with van der Waals surface area (Å²) in [7, 11) is 1.79. The van der Waals surface area contributed by atoms with E-state index in [2.05, 4.69) is 10.4 Å². The van der Waals surface area contributed by atoms with Crippen LogP contribution < -0.4 is 10.1 Å². The Morgan fingerprint density at radius 3 is 2.62 bits per heavy atom. The van der Waals surface area contributed by atoms with E-state index >= 15 is 0 Å². The monoisotopic (exact) mass is 452 g/mol. The smallest absolute Gasteiger partial charge is 0.267 e. The van der Waals surface area contributed by atoms with Crippen LogP contribution in [0.25, 0.3) is 10.4 Å². The zero-order chi connectivity index (χ0) is 22.5. The lowest BCUT2D eigenvalue weighted by molar-refractivity contribution is 0.0685. The quantitative estimate of drug-likeness (QED) is 0.591. The normalized spacial score (nSPS) is 14.4. The molecule has 0 atom stereocenters. The molecule has 4 rings (SSSR count). The average molecular weight is 453 g/mol. The van der Waals surface area contributed by atoms with E-state index in [0.717, 1.165) is 23.3 Å². The number of ether oxygens (including phenoxy) is 1. The van der Waals surface area contributed by atoms with Crippen LogP contribution in [0.2, 0.25) is 0 Å². The Morgan fingerprint density at radius 1 is 1.22 bits per heavy atom. The molecule has 2 amide bonds. The van der Waals surface area contributed by atoms with Crippen LogP contribution in [0.15, 0.2) is 48.8 Å². The SMILES string of the molecule is CCOc1cc(-c2ccccc2)sc1C(=O)N1CCC(CNC(=O)c2cnn(C)c2)CC1. The van der Waals surface area contributed by atoms with Crippen LogP contribution in [0, 0.1) is 5.92 Å². The van der Waals surface area contributed by atoms with Crippen LogP contribution in [-0.2, 0) is 7.05 Å². The summed E-state index contributed by atoms with van der Waals surface area (Å²) in [6.07, 6.45) is 4.99. The Morgan fingerprint density at radius 2 is 1.97 bits per heavy atom. The number of hydrogen-bond donors (Lipinski definition) is 1. The number of nitrogens with zero attached hydrogens (tertiary/aromatic N) is 3. The zero-order valence-corrected chi connectivity index (χ0v) is 19.2. The molecule has 0 spiro atoms. The van der Waals surface area contributed by atoms with E-state index in [0.29, 0.717) is 48.3 Å². The maximum Gasteiger partial charge on any atom is 0.267 e. The number of carbonyl (C=O) groups is 2. The van der Waals surface area contributed by atoms with Crippen molar-refractivity contribution in [1.29, 1.82) is 0 Å². The Balaban J connectivity index is 1.36. The summed E-state index contributed by atoms with van der Waals surface area (Å²) >= 11 is 1.49. The summed E-state index contributed by atoms with van der Waals surface area (Å²) in [5.74, 6) is 0.935. The maximum atomic E-state index is 13.3. The lowest BCUT2D eigenvalue weighted by Gasteiger charge is -2.32. The molecule has 1 aliphatic rings. The minimum absolute atomic E-state index is 0.0264. The molecular formula is C24H28N4O3S. The Kier molecular flexibility index (Phi) is 6.90. The number of rotatable bonds is 7. The van der Waals surface area contributed by atoms with Crippen LogP contribution in [0.5, 0.6) is 5.75 Å². The number of carbonyl (C=O) groups excluding carboxylic acids is 2. The molecule has 0 aliphatic carbocycles. The highest BCUT2D eigenvalue weighted by molar-refractivity contribution is 7.17. The second kappa shape index (κ2) is 9.99. The molecule has 3 heterocycles.